The lowest BCUT2D eigenvalue weighted by Crippen LogP contribution is -2.31. The van der Waals surface area contributed by atoms with Crippen molar-refractivity contribution >= 4 is 5.69 Å². The van der Waals surface area contributed by atoms with Gasteiger partial charge in [-0.15, -0.1) is 0 Å². The third-order valence-corrected chi connectivity index (χ3v) is 5.15. The van der Waals surface area contributed by atoms with Crippen molar-refractivity contribution < 1.29 is 4.52 Å². The Balaban J connectivity index is 1.48. The summed E-state index contributed by atoms with van der Waals surface area (Å²) in [5.41, 5.74) is 3.69. The molecule has 1 fully saturated rings. The minimum atomic E-state index is -0.136. The van der Waals surface area contributed by atoms with Crippen LogP contribution < -0.4 is 10.5 Å². The van der Waals surface area contributed by atoms with Crippen LogP contribution in [0.15, 0.2) is 51.9 Å². The molecule has 3 aromatic rings. The van der Waals surface area contributed by atoms with Gasteiger partial charge in [-0.1, -0.05) is 35.0 Å². The highest BCUT2D eigenvalue weighted by Gasteiger charge is 2.15. The van der Waals surface area contributed by atoms with E-state index in [1.165, 1.54) is 10.2 Å². The Morgan fingerprint density at radius 1 is 1.07 bits per heavy atom. The summed E-state index contributed by atoms with van der Waals surface area (Å²) in [5, 5.41) is 8.47. The molecule has 0 N–H and O–H groups in total. The number of nitrogens with zero attached hydrogens (tertiary/aromatic N) is 5. The van der Waals surface area contributed by atoms with Gasteiger partial charge in [-0.25, -0.2) is 4.68 Å². The Labute approximate surface area is 164 Å². The average molecular weight is 379 g/mol. The van der Waals surface area contributed by atoms with Gasteiger partial charge in [0, 0.05) is 37.3 Å². The van der Waals surface area contributed by atoms with E-state index in [2.05, 4.69) is 27.1 Å². The highest BCUT2D eigenvalue weighted by molar-refractivity contribution is 5.59. The van der Waals surface area contributed by atoms with Crippen molar-refractivity contribution in [3.63, 3.8) is 0 Å². The first-order chi connectivity index (χ1) is 13.6. The Hall–Kier alpha value is -2.93. The molecular weight excluding hydrogens is 354 g/mol. The lowest BCUT2D eigenvalue weighted by atomic mass is 10.1. The van der Waals surface area contributed by atoms with E-state index < -0.39 is 0 Å². The third-order valence-electron chi connectivity index (χ3n) is 5.15. The highest BCUT2D eigenvalue weighted by atomic mass is 16.5. The largest absolute Gasteiger partial charge is 0.369 e. The minimum Gasteiger partial charge on any atom is -0.369 e. The zero-order valence-electron chi connectivity index (χ0n) is 16.3. The molecule has 0 spiro atoms. The number of anilines is 1. The van der Waals surface area contributed by atoms with E-state index in [9.17, 15) is 4.79 Å². The van der Waals surface area contributed by atoms with Crippen LogP contribution in [-0.2, 0) is 6.54 Å². The molecule has 7 heteroatoms. The minimum absolute atomic E-state index is 0.136. The van der Waals surface area contributed by atoms with Gasteiger partial charge in [-0.05, 0) is 26.9 Å². The van der Waals surface area contributed by atoms with E-state index in [0.717, 1.165) is 49.5 Å². The summed E-state index contributed by atoms with van der Waals surface area (Å²) in [5.74, 6) is 0.606. The molecule has 2 aromatic heterocycles. The second-order valence-electron chi connectivity index (χ2n) is 7.40. The van der Waals surface area contributed by atoms with Gasteiger partial charge in [0.25, 0.3) is 5.56 Å². The van der Waals surface area contributed by atoms with Crippen LogP contribution in [0.2, 0.25) is 0 Å². The zero-order valence-corrected chi connectivity index (χ0v) is 16.3. The molecule has 28 heavy (non-hydrogen) atoms. The molecule has 7 nitrogen and oxygen atoms in total. The molecule has 0 radical (unpaired) electrons. The maximum atomic E-state index is 12.6. The first kappa shape index (κ1) is 18.4. The van der Waals surface area contributed by atoms with Gasteiger partial charge < -0.3 is 14.3 Å². The highest BCUT2D eigenvalue weighted by Crippen LogP contribution is 2.20. The molecule has 1 aliphatic heterocycles. The van der Waals surface area contributed by atoms with Gasteiger partial charge in [0.05, 0.1) is 11.9 Å². The van der Waals surface area contributed by atoms with Gasteiger partial charge in [0.1, 0.15) is 12.2 Å². The van der Waals surface area contributed by atoms with Gasteiger partial charge in [-0.3, -0.25) is 4.79 Å². The Bertz CT molecular complexity index is 993. The third kappa shape index (κ3) is 4.14. The van der Waals surface area contributed by atoms with E-state index in [4.69, 9.17) is 4.52 Å². The van der Waals surface area contributed by atoms with Crippen LogP contribution in [-0.4, -0.2) is 53.1 Å². The quantitative estimate of drug-likeness (QED) is 0.693. The number of benzene rings is 1. The molecular formula is C21H25N5O2. The van der Waals surface area contributed by atoms with E-state index in [1.807, 2.05) is 37.3 Å². The monoisotopic (exact) mass is 379 g/mol. The lowest BCUT2D eigenvalue weighted by molar-refractivity contribution is 0.360. The molecule has 1 aromatic carbocycles. The van der Waals surface area contributed by atoms with Crippen molar-refractivity contribution in [2.24, 2.45) is 0 Å². The molecule has 146 valence electrons. The first-order valence-corrected chi connectivity index (χ1v) is 9.62. The molecule has 3 heterocycles. The molecule has 0 unspecified atom stereocenters. The second kappa shape index (κ2) is 7.98. The van der Waals surface area contributed by atoms with Gasteiger partial charge in [0.15, 0.2) is 5.76 Å². The van der Waals surface area contributed by atoms with Gasteiger partial charge in [0.2, 0.25) is 0 Å². The number of aryl methyl sites for hydroxylation is 1. The van der Waals surface area contributed by atoms with Crippen LogP contribution in [0.1, 0.15) is 17.7 Å². The molecule has 0 saturated carbocycles. The van der Waals surface area contributed by atoms with Crippen molar-refractivity contribution in [2.75, 3.05) is 38.1 Å². The summed E-state index contributed by atoms with van der Waals surface area (Å²) < 4.78 is 6.83. The van der Waals surface area contributed by atoms with Crippen LogP contribution in [0.5, 0.6) is 0 Å². The van der Waals surface area contributed by atoms with Crippen LogP contribution >= 0.6 is 0 Å². The Morgan fingerprint density at radius 2 is 1.89 bits per heavy atom. The van der Waals surface area contributed by atoms with Crippen molar-refractivity contribution in [1.82, 2.24) is 19.8 Å². The Morgan fingerprint density at radius 3 is 2.68 bits per heavy atom. The molecule has 0 bridgehead atoms. The predicted octanol–water partition coefficient (Wildman–Crippen LogP) is 2.40. The predicted molar refractivity (Wildman–Crippen MR) is 109 cm³/mol. The molecule has 1 aliphatic rings. The van der Waals surface area contributed by atoms with Crippen LogP contribution in [0.4, 0.5) is 5.69 Å². The summed E-state index contributed by atoms with van der Waals surface area (Å²) in [6.07, 6.45) is 2.85. The fourth-order valence-corrected chi connectivity index (χ4v) is 3.42. The van der Waals surface area contributed by atoms with Crippen molar-refractivity contribution in [3.8, 4) is 11.3 Å². The summed E-state index contributed by atoms with van der Waals surface area (Å²) >= 11 is 0. The molecule has 0 atom stereocenters. The molecule has 0 aliphatic carbocycles. The fourth-order valence-electron chi connectivity index (χ4n) is 3.42. The number of aromatic nitrogens is 3. The van der Waals surface area contributed by atoms with Crippen molar-refractivity contribution in [3.05, 3.63) is 64.3 Å². The summed E-state index contributed by atoms with van der Waals surface area (Å²) in [4.78, 5) is 17.1. The lowest BCUT2D eigenvalue weighted by Gasteiger charge is -2.22. The van der Waals surface area contributed by atoms with Crippen molar-refractivity contribution in [1.29, 1.82) is 0 Å². The van der Waals surface area contributed by atoms with E-state index in [0.29, 0.717) is 5.76 Å². The topological polar surface area (TPSA) is 67.4 Å². The normalized spacial score (nSPS) is 15.6. The van der Waals surface area contributed by atoms with Crippen LogP contribution in [0.25, 0.3) is 11.3 Å². The maximum Gasteiger partial charge on any atom is 0.269 e. The number of rotatable bonds is 4. The van der Waals surface area contributed by atoms with Crippen LogP contribution in [0.3, 0.4) is 0 Å². The molecule has 4 rings (SSSR count). The fraction of sp³-hybridized carbons (Fsp3) is 0.381. The first-order valence-electron chi connectivity index (χ1n) is 9.62. The van der Waals surface area contributed by atoms with E-state index >= 15 is 0 Å². The number of likely N-dealkylation sites (N-methyl/N-ethyl adjacent to an activating group) is 1. The summed E-state index contributed by atoms with van der Waals surface area (Å²) in [7, 11) is 2.13. The Kier molecular flexibility index (Phi) is 5.25. The van der Waals surface area contributed by atoms with Gasteiger partial charge >= 0.3 is 0 Å². The molecule has 1 saturated heterocycles. The maximum absolute atomic E-state index is 12.6. The number of hydrogen-bond donors (Lipinski definition) is 0. The van der Waals surface area contributed by atoms with Crippen LogP contribution in [0, 0.1) is 6.92 Å². The molecule has 0 amide bonds. The summed E-state index contributed by atoms with van der Waals surface area (Å²) in [6.45, 7) is 6.23. The number of hydrogen-bond acceptors (Lipinski definition) is 6. The van der Waals surface area contributed by atoms with Gasteiger partial charge in [-0.2, -0.15) is 5.10 Å². The summed E-state index contributed by atoms with van der Waals surface area (Å²) in [6, 6.07) is 11.6. The smallest absolute Gasteiger partial charge is 0.269 e. The zero-order chi connectivity index (χ0) is 19.5. The standard InChI is InChI=1S/C21H25N5O2/c1-16-4-6-17(7-5-16)20-13-19(28-23-20)15-26-21(27)12-18(14-22-26)25-9-3-8-24(2)10-11-25/h4-7,12-14H,3,8-11,15H2,1-2H3. The van der Waals surface area contributed by atoms with E-state index in [1.54, 1.807) is 12.3 Å². The SMILES string of the molecule is Cc1ccc(-c2cc(Cn3ncc(N4CCCN(C)CC4)cc3=O)on2)cc1. The van der Waals surface area contributed by atoms with E-state index in [-0.39, 0.29) is 12.1 Å². The average Bonchev–Trinajstić information content (AvgIpc) is 3.04. The second-order valence-corrected chi connectivity index (χ2v) is 7.40. The van der Waals surface area contributed by atoms with Crippen molar-refractivity contribution in [2.45, 2.75) is 19.9 Å².